The Morgan fingerprint density at radius 2 is 2.10 bits per heavy atom. The number of hydrogen-bond acceptors (Lipinski definition) is 7. The van der Waals surface area contributed by atoms with Crippen LogP contribution in [0.15, 0.2) is 35.1 Å². The molecular formula is C21H25N5O3S. The number of aliphatic hydroxyl groups excluding tert-OH is 1. The van der Waals surface area contributed by atoms with Crippen molar-refractivity contribution in [1.82, 2.24) is 19.9 Å². The molecule has 1 fully saturated rings. The lowest BCUT2D eigenvalue weighted by Crippen LogP contribution is -2.43. The number of rotatable bonds is 7. The summed E-state index contributed by atoms with van der Waals surface area (Å²) in [6.07, 6.45) is 1.96. The van der Waals surface area contributed by atoms with Crippen LogP contribution in [0.3, 0.4) is 0 Å². The second-order valence-electron chi connectivity index (χ2n) is 7.26. The van der Waals surface area contributed by atoms with Gasteiger partial charge in [0.1, 0.15) is 11.9 Å². The average Bonchev–Trinajstić information content (AvgIpc) is 3.40. The number of nitrogens with one attached hydrogen (secondary N) is 1. The van der Waals surface area contributed by atoms with E-state index in [4.69, 9.17) is 0 Å². The number of aromatic nitrogens is 3. The van der Waals surface area contributed by atoms with E-state index in [0.29, 0.717) is 47.4 Å². The first-order valence-corrected chi connectivity index (χ1v) is 11.0. The van der Waals surface area contributed by atoms with Gasteiger partial charge in [-0.2, -0.15) is 0 Å². The Balaban J connectivity index is 1.58. The first-order chi connectivity index (χ1) is 14.6. The predicted octanol–water partition coefficient (Wildman–Crippen LogP) is 1.69. The maximum atomic E-state index is 12.8. The molecule has 0 unspecified atom stereocenters. The molecule has 4 rings (SSSR count). The highest BCUT2D eigenvalue weighted by atomic mass is 32.1. The van der Waals surface area contributed by atoms with Crippen molar-refractivity contribution < 1.29 is 9.90 Å². The fourth-order valence-electron chi connectivity index (χ4n) is 3.85. The summed E-state index contributed by atoms with van der Waals surface area (Å²) in [5, 5.41) is 13.0. The predicted molar refractivity (Wildman–Crippen MR) is 117 cm³/mol. The Hall–Kier alpha value is -2.78. The summed E-state index contributed by atoms with van der Waals surface area (Å²) in [6.45, 7) is 3.47. The van der Waals surface area contributed by atoms with Crippen molar-refractivity contribution in [3.63, 3.8) is 0 Å². The normalized spacial score (nSPS) is 16.3. The fraction of sp³-hybridized carbons (Fsp3) is 0.429. The van der Waals surface area contributed by atoms with E-state index in [1.165, 1.54) is 11.3 Å². The summed E-state index contributed by atoms with van der Waals surface area (Å²) < 4.78 is 1.55. The van der Waals surface area contributed by atoms with Crippen LogP contribution in [0, 0.1) is 0 Å². The number of carbonyl (C=O) groups excluding carboxylic acids is 1. The number of fused-ring (bicyclic) bond motifs is 1. The lowest BCUT2D eigenvalue weighted by molar-refractivity contribution is -0.122. The van der Waals surface area contributed by atoms with Crippen LogP contribution in [0.25, 0.3) is 10.3 Å². The first kappa shape index (κ1) is 20.5. The Labute approximate surface area is 178 Å². The van der Waals surface area contributed by atoms with E-state index in [1.54, 1.807) is 4.57 Å². The molecule has 1 aromatic carbocycles. The Morgan fingerprint density at radius 3 is 2.83 bits per heavy atom. The fourth-order valence-corrected chi connectivity index (χ4v) is 4.88. The Kier molecular flexibility index (Phi) is 6.10. The highest BCUT2D eigenvalue weighted by molar-refractivity contribution is 7.21. The van der Waals surface area contributed by atoms with Gasteiger partial charge in [-0.05, 0) is 25.3 Å². The third-order valence-corrected chi connectivity index (χ3v) is 6.34. The molecule has 8 nitrogen and oxygen atoms in total. The molecule has 0 saturated carbocycles. The SMILES string of the molecule is CCn1c(CCO)nc2sc(N3CCC[C@@H]3C(=O)NCc3ccccc3)nc2c1=O. The maximum absolute atomic E-state index is 12.8. The Morgan fingerprint density at radius 1 is 1.30 bits per heavy atom. The van der Waals surface area contributed by atoms with Crippen molar-refractivity contribution in [3.05, 3.63) is 52.1 Å². The van der Waals surface area contributed by atoms with Crippen LogP contribution >= 0.6 is 11.3 Å². The van der Waals surface area contributed by atoms with Crippen LogP contribution in [0.4, 0.5) is 5.13 Å². The monoisotopic (exact) mass is 427 g/mol. The van der Waals surface area contributed by atoms with Gasteiger partial charge in [-0.15, -0.1) is 0 Å². The van der Waals surface area contributed by atoms with Gasteiger partial charge in [0, 0.05) is 26.1 Å². The molecule has 0 bridgehead atoms. The summed E-state index contributed by atoms with van der Waals surface area (Å²) in [5.74, 6) is 0.529. The van der Waals surface area contributed by atoms with E-state index in [2.05, 4.69) is 15.3 Å². The van der Waals surface area contributed by atoms with E-state index < -0.39 is 0 Å². The van der Waals surface area contributed by atoms with Crippen molar-refractivity contribution >= 4 is 32.7 Å². The molecule has 158 valence electrons. The van der Waals surface area contributed by atoms with E-state index in [9.17, 15) is 14.7 Å². The van der Waals surface area contributed by atoms with Crippen molar-refractivity contribution in [3.8, 4) is 0 Å². The van der Waals surface area contributed by atoms with Crippen LogP contribution in [0.5, 0.6) is 0 Å². The van der Waals surface area contributed by atoms with E-state index >= 15 is 0 Å². The summed E-state index contributed by atoms with van der Waals surface area (Å²) >= 11 is 1.33. The number of benzene rings is 1. The summed E-state index contributed by atoms with van der Waals surface area (Å²) in [7, 11) is 0. The number of amides is 1. The molecule has 9 heteroatoms. The van der Waals surface area contributed by atoms with Crippen molar-refractivity contribution in [2.24, 2.45) is 0 Å². The van der Waals surface area contributed by atoms with Crippen molar-refractivity contribution in [2.45, 2.75) is 45.3 Å². The van der Waals surface area contributed by atoms with Crippen molar-refractivity contribution in [1.29, 1.82) is 0 Å². The second kappa shape index (κ2) is 8.93. The number of hydrogen-bond donors (Lipinski definition) is 2. The topological polar surface area (TPSA) is 100 Å². The van der Waals surface area contributed by atoms with Gasteiger partial charge in [-0.25, -0.2) is 9.97 Å². The van der Waals surface area contributed by atoms with Gasteiger partial charge in [0.15, 0.2) is 15.5 Å². The van der Waals surface area contributed by atoms with Gasteiger partial charge in [0.25, 0.3) is 5.56 Å². The van der Waals surface area contributed by atoms with Crippen LogP contribution in [-0.4, -0.2) is 44.7 Å². The molecule has 1 aliphatic heterocycles. The molecule has 1 atom stereocenters. The molecule has 2 N–H and O–H groups in total. The molecule has 1 aliphatic rings. The van der Waals surface area contributed by atoms with Gasteiger partial charge in [-0.1, -0.05) is 41.7 Å². The number of aliphatic hydroxyl groups is 1. The molecule has 30 heavy (non-hydrogen) atoms. The van der Waals surface area contributed by atoms with Gasteiger partial charge in [-0.3, -0.25) is 14.2 Å². The molecule has 0 aliphatic carbocycles. The van der Waals surface area contributed by atoms with E-state index in [-0.39, 0.29) is 24.1 Å². The largest absolute Gasteiger partial charge is 0.396 e. The summed E-state index contributed by atoms with van der Waals surface area (Å²) in [4.78, 5) is 37.3. The van der Waals surface area contributed by atoms with Crippen LogP contribution in [0.1, 0.15) is 31.2 Å². The maximum Gasteiger partial charge on any atom is 0.281 e. The zero-order chi connectivity index (χ0) is 21.1. The van der Waals surface area contributed by atoms with Crippen molar-refractivity contribution in [2.75, 3.05) is 18.1 Å². The lowest BCUT2D eigenvalue weighted by Gasteiger charge is -2.23. The first-order valence-electron chi connectivity index (χ1n) is 10.2. The summed E-state index contributed by atoms with van der Waals surface area (Å²) in [6, 6.07) is 9.50. The van der Waals surface area contributed by atoms with Gasteiger partial charge < -0.3 is 15.3 Å². The zero-order valence-electron chi connectivity index (χ0n) is 16.9. The number of carbonyl (C=O) groups is 1. The minimum Gasteiger partial charge on any atom is -0.396 e. The third kappa shape index (κ3) is 3.95. The highest BCUT2D eigenvalue weighted by Crippen LogP contribution is 2.31. The lowest BCUT2D eigenvalue weighted by atomic mass is 10.2. The molecule has 1 saturated heterocycles. The average molecular weight is 428 g/mol. The van der Waals surface area contributed by atoms with Gasteiger partial charge in [0.05, 0.1) is 6.61 Å². The molecule has 3 heterocycles. The molecular weight excluding hydrogens is 402 g/mol. The van der Waals surface area contributed by atoms with Crippen LogP contribution in [0.2, 0.25) is 0 Å². The third-order valence-electron chi connectivity index (χ3n) is 5.35. The number of thiazole rings is 1. The molecule has 0 spiro atoms. The zero-order valence-corrected chi connectivity index (χ0v) is 17.7. The van der Waals surface area contributed by atoms with E-state index in [1.807, 2.05) is 42.2 Å². The Bertz CT molecular complexity index is 1100. The number of nitrogens with zero attached hydrogens (tertiary/aromatic N) is 4. The minimum absolute atomic E-state index is 0.0319. The quantitative estimate of drug-likeness (QED) is 0.595. The minimum atomic E-state index is -0.306. The smallest absolute Gasteiger partial charge is 0.281 e. The summed E-state index contributed by atoms with van der Waals surface area (Å²) in [5.41, 5.74) is 1.18. The van der Waals surface area contributed by atoms with Gasteiger partial charge >= 0.3 is 0 Å². The molecule has 3 aromatic rings. The highest BCUT2D eigenvalue weighted by Gasteiger charge is 2.33. The van der Waals surface area contributed by atoms with Crippen LogP contribution < -0.4 is 15.8 Å². The standard InChI is InChI=1S/C21H25N5O3S/c1-2-25-16(10-12-27)23-19-17(20(25)29)24-21(30-19)26-11-6-9-15(26)18(28)22-13-14-7-4-3-5-8-14/h3-5,7-8,15,27H,2,6,9-13H2,1H3,(H,22,28)/t15-/m1/s1. The number of anilines is 1. The van der Waals surface area contributed by atoms with E-state index in [0.717, 1.165) is 18.4 Å². The van der Waals surface area contributed by atoms with Gasteiger partial charge in [0.2, 0.25) is 5.91 Å². The molecule has 0 radical (unpaired) electrons. The molecule has 1 amide bonds. The van der Waals surface area contributed by atoms with Crippen LogP contribution in [-0.2, 0) is 24.3 Å². The second-order valence-corrected chi connectivity index (χ2v) is 8.21. The molecule has 2 aromatic heterocycles.